The van der Waals surface area contributed by atoms with Crippen molar-refractivity contribution >= 4 is 11.6 Å². The van der Waals surface area contributed by atoms with Gasteiger partial charge in [0.2, 0.25) is 0 Å². The van der Waals surface area contributed by atoms with E-state index >= 15 is 0 Å². The van der Waals surface area contributed by atoms with Gasteiger partial charge in [0.25, 0.3) is 5.91 Å². The van der Waals surface area contributed by atoms with Gasteiger partial charge in [-0.3, -0.25) is 9.69 Å². The summed E-state index contributed by atoms with van der Waals surface area (Å²) >= 11 is 0. The smallest absolute Gasteiger partial charge is 0.258 e. The number of carbonyl (C=O) groups is 1. The molecule has 22 heavy (non-hydrogen) atoms. The van der Waals surface area contributed by atoms with E-state index in [0.29, 0.717) is 23.3 Å². The lowest BCUT2D eigenvalue weighted by atomic mass is 10.1. The first-order chi connectivity index (χ1) is 10.5. The summed E-state index contributed by atoms with van der Waals surface area (Å²) in [5, 5.41) is 4.44. The molecule has 0 radical (unpaired) electrons. The van der Waals surface area contributed by atoms with Gasteiger partial charge in [-0.1, -0.05) is 0 Å². The van der Waals surface area contributed by atoms with Crippen molar-refractivity contribution in [3.8, 4) is 0 Å². The van der Waals surface area contributed by atoms with Crippen LogP contribution in [0.4, 0.5) is 0 Å². The van der Waals surface area contributed by atoms with Crippen molar-refractivity contribution < 1.29 is 4.79 Å². The molecule has 1 amide bonds. The van der Waals surface area contributed by atoms with Crippen molar-refractivity contribution in [1.82, 2.24) is 24.4 Å². The molecule has 3 heterocycles. The van der Waals surface area contributed by atoms with Crippen LogP contribution < -0.4 is 0 Å². The Balaban J connectivity index is 2.07. The summed E-state index contributed by atoms with van der Waals surface area (Å²) in [6.45, 7) is 5.55. The molecule has 1 fully saturated rings. The third-order valence-electron chi connectivity index (χ3n) is 4.37. The molecule has 0 aliphatic carbocycles. The maximum absolute atomic E-state index is 12.2. The topological polar surface area (TPSA) is 53.7 Å². The van der Waals surface area contributed by atoms with Crippen molar-refractivity contribution in [3.63, 3.8) is 0 Å². The third-order valence-corrected chi connectivity index (χ3v) is 4.37. The van der Waals surface area contributed by atoms with E-state index in [-0.39, 0.29) is 5.91 Å². The Kier molecular flexibility index (Phi) is 3.87. The summed E-state index contributed by atoms with van der Waals surface area (Å²) < 4.78 is 1.84. The molecule has 0 bridgehead atoms. The van der Waals surface area contributed by atoms with Gasteiger partial charge in [0, 0.05) is 26.3 Å². The minimum Gasteiger partial charge on any atom is -0.345 e. The fourth-order valence-corrected chi connectivity index (χ4v) is 3.28. The van der Waals surface area contributed by atoms with E-state index in [1.165, 1.54) is 6.42 Å². The van der Waals surface area contributed by atoms with Gasteiger partial charge in [-0.2, -0.15) is 5.10 Å². The first kappa shape index (κ1) is 15.0. The molecule has 3 rings (SSSR count). The Morgan fingerprint density at radius 1 is 1.41 bits per heavy atom. The number of hydrogen-bond donors (Lipinski definition) is 0. The molecular weight excluding hydrogens is 278 g/mol. The lowest BCUT2D eigenvalue weighted by Crippen LogP contribution is -2.31. The van der Waals surface area contributed by atoms with Crippen LogP contribution in [0.25, 0.3) is 5.65 Å². The molecule has 2 aromatic heterocycles. The number of carbonyl (C=O) groups excluding carboxylic acids is 1. The van der Waals surface area contributed by atoms with E-state index in [4.69, 9.17) is 0 Å². The lowest BCUT2D eigenvalue weighted by molar-refractivity contribution is 0.0829. The number of aromatic nitrogens is 3. The van der Waals surface area contributed by atoms with Crippen LogP contribution in [0, 0.1) is 0 Å². The Labute approximate surface area is 130 Å². The molecule has 0 aromatic carbocycles. The number of hydrogen-bond acceptors (Lipinski definition) is 4. The maximum Gasteiger partial charge on any atom is 0.258 e. The van der Waals surface area contributed by atoms with Gasteiger partial charge in [0.15, 0.2) is 5.65 Å². The van der Waals surface area contributed by atoms with Gasteiger partial charge < -0.3 is 4.90 Å². The standard InChI is InChI=1S/C16H23N5O/c1-11(2)20-9-5-6-13(20)14-7-8-17-15-12(10-18-21(14)15)16(22)19(3)4/h7-8,10-11,13H,5-6,9H2,1-4H3/t13-/m1/s1. The number of nitrogens with zero attached hydrogens (tertiary/aromatic N) is 5. The highest BCUT2D eigenvalue weighted by atomic mass is 16.2. The highest BCUT2D eigenvalue weighted by Crippen LogP contribution is 2.33. The molecule has 1 atom stereocenters. The van der Waals surface area contributed by atoms with Crippen LogP contribution in [0.5, 0.6) is 0 Å². The molecule has 0 spiro atoms. The van der Waals surface area contributed by atoms with E-state index in [9.17, 15) is 4.79 Å². The maximum atomic E-state index is 12.2. The summed E-state index contributed by atoms with van der Waals surface area (Å²) in [7, 11) is 3.49. The lowest BCUT2D eigenvalue weighted by Gasteiger charge is -2.28. The second kappa shape index (κ2) is 5.68. The molecule has 1 aliphatic heterocycles. The number of amides is 1. The van der Waals surface area contributed by atoms with Gasteiger partial charge >= 0.3 is 0 Å². The van der Waals surface area contributed by atoms with E-state index in [1.54, 1.807) is 31.4 Å². The monoisotopic (exact) mass is 301 g/mol. The SMILES string of the molecule is CC(C)N1CCC[C@@H]1c1ccnc2c(C(=O)N(C)C)cnn12. The zero-order valence-corrected chi connectivity index (χ0v) is 13.7. The van der Waals surface area contributed by atoms with Crippen molar-refractivity contribution in [1.29, 1.82) is 0 Å². The highest BCUT2D eigenvalue weighted by Gasteiger charge is 2.30. The van der Waals surface area contributed by atoms with Crippen LogP contribution in [-0.2, 0) is 0 Å². The van der Waals surface area contributed by atoms with Crippen LogP contribution in [0.2, 0.25) is 0 Å². The van der Waals surface area contributed by atoms with Crippen molar-refractivity contribution in [2.24, 2.45) is 0 Å². The second-order valence-corrected chi connectivity index (χ2v) is 6.35. The average molecular weight is 301 g/mol. The molecule has 0 unspecified atom stereocenters. The molecule has 6 heteroatoms. The summed E-state index contributed by atoms with van der Waals surface area (Å²) in [6.07, 6.45) is 5.73. The Morgan fingerprint density at radius 2 is 2.18 bits per heavy atom. The zero-order valence-electron chi connectivity index (χ0n) is 13.7. The van der Waals surface area contributed by atoms with Gasteiger partial charge in [-0.15, -0.1) is 0 Å². The van der Waals surface area contributed by atoms with Crippen LogP contribution in [-0.4, -0.2) is 57.0 Å². The van der Waals surface area contributed by atoms with E-state index in [2.05, 4.69) is 28.8 Å². The molecule has 2 aromatic rings. The number of fused-ring (bicyclic) bond motifs is 1. The van der Waals surface area contributed by atoms with Crippen LogP contribution >= 0.6 is 0 Å². The predicted molar refractivity (Wildman–Crippen MR) is 84.8 cm³/mol. The largest absolute Gasteiger partial charge is 0.345 e. The van der Waals surface area contributed by atoms with Gasteiger partial charge in [0.05, 0.1) is 17.9 Å². The Bertz CT molecular complexity index is 691. The summed E-state index contributed by atoms with van der Waals surface area (Å²) in [4.78, 5) is 20.7. The minimum absolute atomic E-state index is 0.0632. The highest BCUT2D eigenvalue weighted by molar-refractivity contribution is 5.99. The number of likely N-dealkylation sites (tertiary alicyclic amines) is 1. The second-order valence-electron chi connectivity index (χ2n) is 6.35. The molecule has 118 valence electrons. The molecule has 0 saturated carbocycles. The molecule has 1 saturated heterocycles. The van der Waals surface area contributed by atoms with E-state index in [1.807, 2.05) is 10.6 Å². The first-order valence-corrected chi connectivity index (χ1v) is 7.80. The quantitative estimate of drug-likeness (QED) is 0.870. The molecular formula is C16H23N5O. The molecule has 0 N–H and O–H groups in total. The molecule has 1 aliphatic rings. The fourth-order valence-electron chi connectivity index (χ4n) is 3.28. The van der Waals surface area contributed by atoms with Gasteiger partial charge in [0.1, 0.15) is 5.56 Å². The first-order valence-electron chi connectivity index (χ1n) is 7.80. The predicted octanol–water partition coefficient (Wildman–Crippen LogP) is 1.98. The Hall–Kier alpha value is -1.95. The van der Waals surface area contributed by atoms with E-state index in [0.717, 1.165) is 18.7 Å². The van der Waals surface area contributed by atoms with Crippen molar-refractivity contribution in [3.05, 3.63) is 29.7 Å². The summed E-state index contributed by atoms with van der Waals surface area (Å²) in [5.74, 6) is -0.0632. The van der Waals surface area contributed by atoms with E-state index < -0.39 is 0 Å². The van der Waals surface area contributed by atoms with Crippen LogP contribution in [0.3, 0.4) is 0 Å². The Morgan fingerprint density at radius 3 is 2.86 bits per heavy atom. The molecule has 6 nitrogen and oxygen atoms in total. The van der Waals surface area contributed by atoms with Gasteiger partial charge in [-0.05, 0) is 39.3 Å². The average Bonchev–Trinajstić information content (AvgIpc) is 3.12. The normalized spacial score (nSPS) is 19.2. The summed E-state index contributed by atoms with van der Waals surface area (Å²) in [5.41, 5.74) is 2.32. The fraction of sp³-hybridized carbons (Fsp3) is 0.562. The van der Waals surface area contributed by atoms with Crippen molar-refractivity contribution in [2.45, 2.75) is 38.8 Å². The third kappa shape index (κ3) is 2.37. The van der Waals surface area contributed by atoms with Crippen LogP contribution in [0.1, 0.15) is 48.8 Å². The van der Waals surface area contributed by atoms with Crippen molar-refractivity contribution in [2.75, 3.05) is 20.6 Å². The number of rotatable bonds is 3. The van der Waals surface area contributed by atoms with Crippen LogP contribution in [0.15, 0.2) is 18.5 Å². The summed E-state index contributed by atoms with van der Waals surface area (Å²) in [6, 6.07) is 2.86. The minimum atomic E-state index is -0.0632. The van der Waals surface area contributed by atoms with Gasteiger partial charge in [-0.25, -0.2) is 9.50 Å². The zero-order chi connectivity index (χ0) is 15.9.